The maximum atomic E-state index is 13.3. The number of methoxy groups -OCH3 is 2. The minimum Gasteiger partial charge on any atom is -0.493 e. The summed E-state index contributed by atoms with van der Waals surface area (Å²) in [6, 6.07) is 8.39. The van der Waals surface area contributed by atoms with Crippen molar-refractivity contribution < 1.29 is 13.9 Å². The molecule has 5 nitrogen and oxygen atoms in total. The summed E-state index contributed by atoms with van der Waals surface area (Å²) >= 11 is 5.84. The Hall–Kier alpha value is -2.73. The number of nitrogens with one attached hydrogen (secondary N) is 2. The van der Waals surface area contributed by atoms with Gasteiger partial charge in [-0.2, -0.15) is 5.10 Å². The lowest BCUT2D eigenvalue weighted by Crippen LogP contribution is -1.96. The van der Waals surface area contributed by atoms with E-state index >= 15 is 0 Å². The molecule has 0 saturated heterocycles. The number of halogens is 2. The summed E-state index contributed by atoms with van der Waals surface area (Å²) in [5.74, 6) is 1.66. The molecule has 0 radical (unpaired) electrons. The molecular formula is C18H15ClFN3O2. The molecular weight excluding hydrogens is 345 g/mol. The van der Waals surface area contributed by atoms with Gasteiger partial charge in [0.2, 0.25) is 0 Å². The number of aromatic nitrogens is 2. The fourth-order valence-corrected chi connectivity index (χ4v) is 3.24. The lowest BCUT2D eigenvalue weighted by molar-refractivity contribution is 0.355. The van der Waals surface area contributed by atoms with Crippen molar-refractivity contribution in [1.29, 1.82) is 0 Å². The minimum absolute atomic E-state index is 0.0684. The van der Waals surface area contributed by atoms with Crippen LogP contribution in [0.25, 0.3) is 11.3 Å². The largest absolute Gasteiger partial charge is 0.493 e. The van der Waals surface area contributed by atoms with Crippen molar-refractivity contribution >= 4 is 23.1 Å². The molecule has 1 aromatic heterocycles. The van der Waals surface area contributed by atoms with Gasteiger partial charge in [0, 0.05) is 23.2 Å². The van der Waals surface area contributed by atoms with E-state index < -0.39 is 5.82 Å². The van der Waals surface area contributed by atoms with Crippen molar-refractivity contribution in [3.63, 3.8) is 0 Å². The van der Waals surface area contributed by atoms with E-state index in [2.05, 4.69) is 15.5 Å². The molecule has 0 fully saturated rings. The molecule has 0 spiro atoms. The molecule has 1 aliphatic rings. The van der Waals surface area contributed by atoms with E-state index in [4.69, 9.17) is 21.1 Å². The minimum atomic E-state index is -0.450. The third-order valence-electron chi connectivity index (χ3n) is 4.29. The molecule has 2 N–H and O–H groups in total. The first kappa shape index (κ1) is 15.8. The molecule has 0 amide bonds. The zero-order chi connectivity index (χ0) is 17.6. The maximum absolute atomic E-state index is 13.3. The summed E-state index contributed by atoms with van der Waals surface area (Å²) in [5.41, 5.74) is 4.71. The Morgan fingerprint density at radius 2 is 1.92 bits per heavy atom. The fraction of sp³-hybridized carbons (Fsp3) is 0.167. The SMILES string of the molecule is COc1cc2c(cc1OC)-c1n[nH]c(Nc3ccc(F)c(Cl)c3)c1C2. The molecule has 7 heteroatoms. The number of hydrogen-bond acceptors (Lipinski definition) is 4. The molecule has 4 rings (SSSR count). The van der Waals surface area contributed by atoms with Crippen molar-refractivity contribution in [2.24, 2.45) is 0 Å². The van der Waals surface area contributed by atoms with Gasteiger partial charge in [0.25, 0.3) is 0 Å². The second-order valence-electron chi connectivity index (χ2n) is 5.72. The van der Waals surface area contributed by atoms with Crippen molar-refractivity contribution in [2.75, 3.05) is 19.5 Å². The van der Waals surface area contributed by atoms with E-state index in [9.17, 15) is 4.39 Å². The van der Waals surface area contributed by atoms with Crippen molar-refractivity contribution in [3.8, 4) is 22.8 Å². The zero-order valence-electron chi connectivity index (χ0n) is 13.6. The van der Waals surface area contributed by atoms with Gasteiger partial charge in [-0.15, -0.1) is 0 Å². The molecule has 0 bridgehead atoms. The van der Waals surface area contributed by atoms with Crippen LogP contribution in [0.5, 0.6) is 11.5 Å². The van der Waals surface area contributed by atoms with E-state index in [0.717, 1.165) is 28.2 Å². The van der Waals surface area contributed by atoms with Crippen molar-refractivity contribution in [1.82, 2.24) is 10.2 Å². The zero-order valence-corrected chi connectivity index (χ0v) is 14.4. The van der Waals surface area contributed by atoms with Crippen LogP contribution in [0.4, 0.5) is 15.9 Å². The van der Waals surface area contributed by atoms with Gasteiger partial charge in [-0.05, 0) is 35.9 Å². The first-order chi connectivity index (χ1) is 12.1. The predicted molar refractivity (Wildman–Crippen MR) is 94.6 cm³/mol. The van der Waals surface area contributed by atoms with E-state index in [0.29, 0.717) is 23.6 Å². The maximum Gasteiger partial charge on any atom is 0.161 e. The smallest absolute Gasteiger partial charge is 0.161 e. The number of benzene rings is 2. The summed E-state index contributed by atoms with van der Waals surface area (Å²) in [5, 5.41) is 10.7. The molecule has 1 aliphatic carbocycles. The first-order valence-corrected chi connectivity index (χ1v) is 8.03. The van der Waals surface area contributed by atoms with Crippen molar-refractivity contribution in [2.45, 2.75) is 6.42 Å². The van der Waals surface area contributed by atoms with Crippen LogP contribution in [0.15, 0.2) is 30.3 Å². The van der Waals surface area contributed by atoms with Gasteiger partial charge in [0.15, 0.2) is 11.5 Å². The molecule has 128 valence electrons. The standard InChI is InChI=1S/C18H15ClFN3O2/c1-24-15-6-9-5-12-17(11(9)8-16(15)25-2)22-23-18(12)21-10-3-4-14(20)13(19)7-10/h3-4,6-8H,5H2,1-2H3,(H2,21,22,23). The third kappa shape index (κ3) is 2.59. The summed E-state index contributed by atoms with van der Waals surface area (Å²) < 4.78 is 24.1. The number of aromatic amines is 1. The Morgan fingerprint density at radius 3 is 2.64 bits per heavy atom. The average Bonchev–Trinajstić information content (AvgIpc) is 3.16. The van der Waals surface area contributed by atoms with Crippen LogP contribution in [0.1, 0.15) is 11.1 Å². The first-order valence-electron chi connectivity index (χ1n) is 7.65. The van der Waals surface area contributed by atoms with Crippen LogP contribution >= 0.6 is 11.6 Å². The molecule has 0 aliphatic heterocycles. The highest BCUT2D eigenvalue weighted by atomic mass is 35.5. The Bertz CT molecular complexity index is 971. The van der Waals surface area contributed by atoms with E-state index in [1.807, 2.05) is 12.1 Å². The number of hydrogen-bond donors (Lipinski definition) is 2. The highest BCUT2D eigenvalue weighted by molar-refractivity contribution is 6.31. The summed E-state index contributed by atoms with van der Waals surface area (Å²) in [4.78, 5) is 0. The predicted octanol–water partition coefficient (Wildman–Crippen LogP) is 4.53. The van der Waals surface area contributed by atoms with E-state index in [1.165, 1.54) is 12.1 Å². The second-order valence-corrected chi connectivity index (χ2v) is 6.13. The number of H-pyrrole nitrogens is 1. The summed E-state index contributed by atoms with van der Waals surface area (Å²) in [6.07, 6.45) is 0.707. The quantitative estimate of drug-likeness (QED) is 0.562. The third-order valence-corrected chi connectivity index (χ3v) is 4.58. The average molecular weight is 360 g/mol. The van der Waals surface area contributed by atoms with Gasteiger partial charge in [0.1, 0.15) is 11.6 Å². The lowest BCUT2D eigenvalue weighted by Gasteiger charge is -2.10. The highest BCUT2D eigenvalue weighted by Gasteiger charge is 2.27. The van der Waals surface area contributed by atoms with Crippen LogP contribution in [0.2, 0.25) is 5.02 Å². The summed E-state index contributed by atoms with van der Waals surface area (Å²) in [7, 11) is 3.22. The Morgan fingerprint density at radius 1 is 1.16 bits per heavy atom. The number of fused-ring (bicyclic) bond motifs is 3. The fourth-order valence-electron chi connectivity index (χ4n) is 3.06. The van der Waals surface area contributed by atoms with Crippen LogP contribution in [0, 0.1) is 5.82 Å². The number of anilines is 2. The number of ether oxygens (including phenoxy) is 2. The van der Waals surface area contributed by atoms with Crippen LogP contribution < -0.4 is 14.8 Å². The van der Waals surface area contributed by atoms with Gasteiger partial charge in [-0.1, -0.05) is 11.6 Å². The van der Waals surface area contributed by atoms with Gasteiger partial charge in [0.05, 0.1) is 24.9 Å². The van der Waals surface area contributed by atoms with Gasteiger partial charge in [-0.3, -0.25) is 5.10 Å². The second kappa shape index (κ2) is 5.97. The topological polar surface area (TPSA) is 59.2 Å². The van der Waals surface area contributed by atoms with Gasteiger partial charge >= 0.3 is 0 Å². The van der Waals surface area contributed by atoms with Crippen LogP contribution in [0.3, 0.4) is 0 Å². The van der Waals surface area contributed by atoms with Crippen molar-refractivity contribution in [3.05, 3.63) is 52.3 Å². The number of nitrogens with zero attached hydrogens (tertiary/aromatic N) is 1. The van der Waals surface area contributed by atoms with Crippen LogP contribution in [-0.2, 0) is 6.42 Å². The normalized spacial score (nSPS) is 11.8. The Kier molecular flexibility index (Phi) is 3.77. The molecule has 0 unspecified atom stereocenters. The Labute approximate surface area is 148 Å². The molecule has 0 saturated carbocycles. The molecule has 25 heavy (non-hydrogen) atoms. The monoisotopic (exact) mass is 359 g/mol. The van der Waals surface area contributed by atoms with E-state index in [1.54, 1.807) is 20.3 Å². The molecule has 1 heterocycles. The lowest BCUT2D eigenvalue weighted by atomic mass is 10.1. The summed E-state index contributed by atoms with van der Waals surface area (Å²) in [6.45, 7) is 0. The van der Waals surface area contributed by atoms with Gasteiger partial charge in [-0.25, -0.2) is 4.39 Å². The van der Waals surface area contributed by atoms with Crippen LogP contribution in [-0.4, -0.2) is 24.4 Å². The molecule has 3 aromatic rings. The molecule has 2 aromatic carbocycles. The van der Waals surface area contributed by atoms with Gasteiger partial charge < -0.3 is 14.8 Å². The Balaban J connectivity index is 1.70. The number of rotatable bonds is 4. The molecule has 0 atom stereocenters. The highest BCUT2D eigenvalue weighted by Crippen LogP contribution is 2.44. The van der Waals surface area contributed by atoms with E-state index in [-0.39, 0.29) is 5.02 Å².